The molecule has 126 valence electrons. The number of rotatable bonds is 2. The maximum absolute atomic E-state index is 8.49. The highest BCUT2D eigenvalue weighted by Crippen LogP contribution is 2.40. The van der Waals surface area contributed by atoms with Crippen LogP contribution < -0.4 is 18.6 Å². The minimum absolute atomic E-state index is 0.595. The summed E-state index contributed by atoms with van der Waals surface area (Å²) in [7, 11) is -4.94. The largest absolute Gasteiger partial charge is 0.222 e. The summed E-state index contributed by atoms with van der Waals surface area (Å²) in [6.45, 7) is 2.30. The second-order valence-corrected chi connectivity index (χ2v) is 7.65. The molecule has 0 radical (unpaired) electrons. The molecule has 0 amide bonds. The van der Waals surface area contributed by atoms with Gasteiger partial charge in [0.05, 0.1) is 0 Å². The van der Waals surface area contributed by atoms with Crippen molar-refractivity contribution in [1.82, 2.24) is 0 Å². The van der Waals surface area contributed by atoms with Gasteiger partial charge in [-0.25, -0.2) is 18.6 Å². The minimum Gasteiger partial charge on any atom is -0.222 e. The van der Waals surface area contributed by atoms with Gasteiger partial charge in [0.25, 0.3) is 0 Å². The first-order valence-electron chi connectivity index (χ1n) is 7.69. The van der Waals surface area contributed by atoms with Crippen LogP contribution in [0, 0.1) is 10.2 Å². The van der Waals surface area contributed by atoms with Gasteiger partial charge in [-0.2, -0.15) is 0 Å². The Labute approximate surface area is 143 Å². The molecule has 1 aromatic rings. The predicted molar refractivity (Wildman–Crippen MR) is 81.8 cm³/mol. The average molecular weight is 357 g/mol. The summed E-state index contributed by atoms with van der Waals surface area (Å²) in [6.07, 6.45) is 9.16. The van der Waals surface area contributed by atoms with E-state index in [2.05, 4.69) is 43.3 Å². The van der Waals surface area contributed by atoms with Crippen LogP contribution in [0.5, 0.6) is 0 Å². The summed E-state index contributed by atoms with van der Waals surface area (Å²) < 4.78 is 34.0. The minimum atomic E-state index is -4.94. The Morgan fingerprint density at radius 1 is 1.04 bits per heavy atom. The Balaban J connectivity index is 0.000000338. The zero-order valence-corrected chi connectivity index (χ0v) is 14.7. The average Bonchev–Trinajstić information content (AvgIpc) is 2.53. The summed E-state index contributed by atoms with van der Waals surface area (Å²) >= 11 is 1.54. The molecule has 6 heteroatoms. The van der Waals surface area contributed by atoms with Crippen molar-refractivity contribution in [3.8, 4) is 0 Å². The standard InChI is InChI=1S/C17H20S.ClHO4/c1-2-13-12-17(14-8-4-3-5-9-14)18-16-11-7-6-10-15(13)16;2-1(3,4)5/h3-5,8-9,12,17H,2,6-7,10-11H2,1H3;(H,2,3,4,5). The van der Waals surface area contributed by atoms with Crippen molar-refractivity contribution < 1.29 is 28.9 Å². The van der Waals surface area contributed by atoms with E-state index >= 15 is 0 Å². The lowest BCUT2D eigenvalue weighted by Gasteiger charge is -2.24. The Morgan fingerprint density at radius 3 is 2.26 bits per heavy atom. The van der Waals surface area contributed by atoms with E-state index in [-0.39, 0.29) is 0 Å². The van der Waals surface area contributed by atoms with Gasteiger partial charge in [-0.15, -0.1) is 10.2 Å². The van der Waals surface area contributed by atoms with Crippen molar-refractivity contribution >= 4 is 11.8 Å². The summed E-state index contributed by atoms with van der Waals surface area (Å²) in [5.74, 6) is 0. The Kier molecular flexibility index (Phi) is 6.71. The van der Waals surface area contributed by atoms with Gasteiger partial charge in [0, 0.05) is 29.3 Å². The molecule has 1 unspecified atom stereocenters. The molecule has 4 nitrogen and oxygen atoms in total. The zero-order valence-electron chi connectivity index (χ0n) is 13.0. The van der Waals surface area contributed by atoms with E-state index < -0.39 is 10.2 Å². The molecule has 0 N–H and O–H groups in total. The van der Waals surface area contributed by atoms with Crippen LogP contribution >= 0.6 is 0 Å². The molecule has 1 atom stereocenters. The fraction of sp³-hybridized carbons (Fsp3) is 0.412. The SMILES string of the molecule is CCC1=CC(c2ccccc2)[SH+]C2=C1CCCC2.[O-][Cl+3]([O-])([O-])[O-]. The lowest BCUT2D eigenvalue weighted by molar-refractivity contribution is -2.00. The topological polar surface area (TPSA) is 92.2 Å². The molecule has 1 aliphatic carbocycles. The van der Waals surface area contributed by atoms with Crippen LogP contribution in [0.15, 0.2) is 52.5 Å². The fourth-order valence-electron chi connectivity index (χ4n) is 3.03. The zero-order chi connectivity index (χ0) is 16.9. The molecule has 0 saturated heterocycles. The first kappa shape index (κ1) is 18.5. The molecule has 1 aliphatic heterocycles. The van der Waals surface area contributed by atoms with E-state index in [1.54, 1.807) is 27.8 Å². The van der Waals surface area contributed by atoms with Gasteiger partial charge in [0.15, 0.2) is 5.25 Å². The van der Waals surface area contributed by atoms with Crippen LogP contribution in [0.25, 0.3) is 0 Å². The number of allylic oxidation sites excluding steroid dienone is 3. The Morgan fingerprint density at radius 2 is 1.65 bits per heavy atom. The predicted octanol–water partition coefficient (Wildman–Crippen LogP) is -0.0353. The molecule has 23 heavy (non-hydrogen) atoms. The summed E-state index contributed by atoms with van der Waals surface area (Å²) in [4.78, 5) is 1.73. The van der Waals surface area contributed by atoms with Gasteiger partial charge in [-0.3, -0.25) is 0 Å². The monoisotopic (exact) mass is 356 g/mol. The molecule has 1 heterocycles. The van der Waals surface area contributed by atoms with Crippen LogP contribution in [0.2, 0.25) is 0 Å². The molecule has 0 fully saturated rings. The smallest absolute Gasteiger partial charge is 0.164 e. The third kappa shape index (κ3) is 5.95. The van der Waals surface area contributed by atoms with Crippen molar-refractivity contribution in [2.24, 2.45) is 0 Å². The molecule has 1 aromatic carbocycles. The highest BCUT2D eigenvalue weighted by atomic mass is 35.7. The molecule has 3 rings (SSSR count). The van der Waals surface area contributed by atoms with E-state index in [4.69, 9.17) is 18.6 Å². The lowest BCUT2D eigenvalue weighted by atomic mass is 9.90. The Hall–Kier alpha value is -0.820. The van der Waals surface area contributed by atoms with Gasteiger partial charge in [-0.05, 0) is 37.3 Å². The molecule has 0 bridgehead atoms. The van der Waals surface area contributed by atoms with E-state index in [0.29, 0.717) is 5.25 Å². The van der Waals surface area contributed by atoms with Crippen molar-refractivity contribution in [3.05, 3.63) is 58.0 Å². The Bertz CT molecular complexity index is 572. The maximum Gasteiger partial charge on any atom is 0.164 e. The number of halogens is 1. The number of hydrogen-bond donors (Lipinski definition) is 0. The molecule has 2 aliphatic rings. The summed E-state index contributed by atoms with van der Waals surface area (Å²) in [5, 5.41) is 0.595. The van der Waals surface area contributed by atoms with Crippen molar-refractivity contribution in [2.75, 3.05) is 0 Å². The fourth-order valence-corrected chi connectivity index (χ4v) is 4.64. The van der Waals surface area contributed by atoms with Gasteiger partial charge < -0.3 is 0 Å². The van der Waals surface area contributed by atoms with Crippen LogP contribution in [0.3, 0.4) is 0 Å². The highest BCUT2D eigenvalue weighted by molar-refractivity contribution is 7.83. The molecular formula is C17H21ClO4S. The van der Waals surface area contributed by atoms with Gasteiger partial charge >= 0.3 is 0 Å². The van der Waals surface area contributed by atoms with E-state index in [0.717, 1.165) is 0 Å². The molecule has 0 spiro atoms. The van der Waals surface area contributed by atoms with Crippen molar-refractivity contribution in [3.63, 3.8) is 0 Å². The molecule has 0 aromatic heterocycles. The highest BCUT2D eigenvalue weighted by Gasteiger charge is 2.31. The van der Waals surface area contributed by atoms with E-state index in [1.807, 2.05) is 0 Å². The van der Waals surface area contributed by atoms with E-state index in [9.17, 15) is 0 Å². The quantitative estimate of drug-likeness (QED) is 0.549. The van der Waals surface area contributed by atoms with Crippen LogP contribution in [-0.4, -0.2) is 0 Å². The number of hydrogen-bond acceptors (Lipinski definition) is 4. The first-order chi connectivity index (χ1) is 10.9. The summed E-state index contributed by atoms with van der Waals surface area (Å²) in [6, 6.07) is 11.0. The normalized spacial score (nSPS) is 21.1. The van der Waals surface area contributed by atoms with Crippen LogP contribution in [0.1, 0.15) is 49.8 Å². The molecular weight excluding hydrogens is 336 g/mol. The maximum atomic E-state index is 8.49. The second kappa shape index (κ2) is 8.33. The number of benzene rings is 1. The third-order valence-electron chi connectivity index (χ3n) is 4.00. The van der Waals surface area contributed by atoms with E-state index in [1.165, 1.54) is 37.7 Å². The van der Waals surface area contributed by atoms with Crippen molar-refractivity contribution in [1.29, 1.82) is 0 Å². The third-order valence-corrected chi connectivity index (χ3v) is 5.53. The first-order valence-corrected chi connectivity index (χ1v) is 9.89. The van der Waals surface area contributed by atoms with Crippen LogP contribution in [0.4, 0.5) is 0 Å². The molecule has 0 saturated carbocycles. The van der Waals surface area contributed by atoms with Gasteiger partial charge in [-0.1, -0.05) is 37.3 Å². The second-order valence-electron chi connectivity index (χ2n) is 5.54. The van der Waals surface area contributed by atoms with Gasteiger partial charge in [0.1, 0.15) is 4.91 Å². The number of thiol groups is 1. The lowest BCUT2D eigenvalue weighted by Crippen LogP contribution is -2.68. The van der Waals surface area contributed by atoms with Crippen molar-refractivity contribution in [2.45, 2.75) is 44.3 Å². The van der Waals surface area contributed by atoms with Gasteiger partial charge in [0.2, 0.25) is 0 Å². The summed E-state index contributed by atoms with van der Waals surface area (Å²) in [5.41, 5.74) is 4.80. The van der Waals surface area contributed by atoms with Crippen LogP contribution in [-0.2, 0) is 11.8 Å².